The maximum atomic E-state index is 11.2. The normalized spacial score (nSPS) is 40.1. The zero-order valence-electron chi connectivity index (χ0n) is 11.5. The number of hydrogen-bond donors (Lipinski definition) is 3. The highest BCUT2D eigenvalue weighted by atomic mass is 35.5. The van der Waals surface area contributed by atoms with Gasteiger partial charge in [-0.15, -0.1) is 0 Å². The van der Waals surface area contributed by atoms with E-state index in [1.165, 1.54) is 0 Å². The smallest absolute Gasteiger partial charge is 0.303 e. The van der Waals surface area contributed by atoms with E-state index in [9.17, 15) is 19.8 Å². The van der Waals surface area contributed by atoms with Crippen LogP contribution in [0.5, 0.6) is 0 Å². The van der Waals surface area contributed by atoms with Crippen molar-refractivity contribution in [2.24, 2.45) is 23.2 Å². The van der Waals surface area contributed by atoms with Crippen LogP contribution >= 0.6 is 0 Å². The zero-order valence-corrected chi connectivity index (χ0v) is 12.2. The quantitative estimate of drug-likeness (QED) is 0.546. The van der Waals surface area contributed by atoms with Crippen LogP contribution in [-0.2, 0) is 9.59 Å². The third-order valence-corrected chi connectivity index (χ3v) is 5.90. The summed E-state index contributed by atoms with van der Waals surface area (Å²) in [5.74, 6) is -0.587. The Morgan fingerprint density at radius 3 is 1.80 bits per heavy atom. The Morgan fingerprint density at radius 2 is 1.45 bits per heavy atom. The second kappa shape index (κ2) is 4.88. The van der Waals surface area contributed by atoms with Crippen LogP contribution in [0.3, 0.4) is 0 Å². The van der Waals surface area contributed by atoms with Gasteiger partial charge >= 0.3 is 11.9 Å². The van der Waals surface area contributed by atoms with E-state index in [0.29, 0.717) is 5.92 Å². The van der Waals surface area contributed by atoms with Crippen molar-refractivity contribution >= 4 is 11.9 Å². The first-order valence-electron chi connectivity index (χ1n) is 7.12. The second-order valence-electron chi connectivity index (χ2n) is 7.22. The molecule has 4 rings (SSSR count). The van der Waals surface area contributed by atoms with E-state index in [0.717, 1.165) is 32.1 Å². The maximum absolute atomic E-state index is 11.2. The van der Waals surface area contributed by atoms with Gasteiger partial charge in [-0.1, -0.05) is 0 Å². The summed E-state index contributed by atoms with van der Waals surface area (Å²) >= 11 is 0. The number of aliphatic carboxylic acids is 2. The van der Waals surface area contributed by atoms with Crippen LogP contribution in [0.25, 0.3) is 0 Å². The average Bonchev–Trinajstić information content (AvgIpc) is 2.21. The van der Waals surface area contributed by atoms with Gasteiger partial charge in [-0.25, -0.2) is 0 Å². The van der Waals surface area contributed by atoms with Gasteiger partial charge in [-0.3, -0.25) is 9.59 Å². The molecule has 4 fully saturated rings. The Bertz CT molecular complexity index is 405. The summed E-state index contributed by atoms with van der Waals surface area (Å²) in [5, 5.41) is 18.5. The van der Waals surface area contributed by atoms with Crippen molar-refractivity contribution in [2.75, 3.05) is 0 Å². The largest absolute Gasteiger partial charge is 1.00 e. The molecule has 5 N–H and O–H groups in total. The second-order valence-corrected chi connectivity index (χ2v) is 7.22. The van der Waals surface area contributed by atoms with Gasteiger partial charge in [0.1, 0.15) is 0 Å². The summed E-state index contributed by atoms with van der Waals surface area (Å²) in [6.45, 7) is 0. The lowest BCUT2D eigenvalue weighted by Gasteiger charge is -2.62. The number of carboxylic acid groups (broad SMARTS) is 2. The molecule has 0 aromatic carbocycles. The molecular weight excluding hydrogens is 282 g/mol. The first-order valence-corrected chi connectivity index (χ1v) is 7.12. The molecule has 0 amide bonds. The van der Waals surface area contributed by atoms with Crippen LogP contribution in [-0.4, -0.2) is 27.7 Å². The minimum absolute atomic E-state index is 0. The van der Waals surface area contributed by atoms with E-state index in [4.69, 9.17) is 0 Å². The van der Waals surface area contributed by atoms with E-state index in [1.54, 1.807) is 0 Å². The van der Waals surface area contributed by atoms with Gasteiger partial charge in [0.25, 0.3) is 0 Å². The van der Waals surface area contributed by atoms with Crippen LogP contribution in [0.2, 0.25) is 0 Å². The van der Waals surface area contributed by atoms with E-state index in [1.807, 2.05) is 0 Å². The van der Waals surface area contributed by atoms with Crippen LogP contribution in [0.4, 0.5) is 0 Å². The predicted molar refractivity (Wildman–Crippen MR) is 66.1 cm³/mol. The van der Waals surface area contributed by atoms with Gasteiger partial charge in [-0.2, -0.15) is 0 Å². The molecule has 0 saturated heterocycles. The SMILES string of the molecule is [Cl-].[NH3+]C12CC3CC(C1)C(CC(=O)O)(CC(=O)O)C(C3)C2. The Kier molecular flexibility index (Phi) is 3.80. The number of quaternary nitrogens is 1. The van der Waals surface area contributed by atoms with Crippen molar-refractivity contribution in [3.8, 4) is 0 Å². The van der Waals surface area contributed by atoms with Crippen molar-refractivity contribution in [3.05, 3.63) is 0 Å². The fourth-order valence-corrected chi connectivity index (χ4v) is 5.55. The molecule has 0 spiro atoms. The Morgan fingerprint density at radius 1 is 1.00 bits per heavy atom. The van der Waals surface area contributed by atoms with Gasteiger partial charge in [0.15, 0.2) is 0 Å². The highest BCUT2D eigenvalue weighted by Crippen LogP contribution is 2.64. The molecule has 114 valence electrons. The van der Waals surface area contributed by atoms with Crippen LogP contribution in [0.15, 0.2) is 0 Å². The molecule has 0 radical (unpaired) electrons. The molecule has 4 bridgehead atoms. The fourth-order valence-electron chi connectivity index (χ4n) is 5.55. The van der Waals surface area contributed by atoms with Crippen molar-refractivity contribution in [3.63, 3.8) is 0 Å². The molecule has 2 unspecified atom stereocenters. The zero-order chi connectivity index (χ0) is 13.8. The minimum atomic E-state index is -0.855. The minimum Gasteiger partial charge on any atom is -1.00 e. The first kappa shape index (κ1) is 15.6. The summed E-state index contributed by atoms with van der Waals surface area (Å²) in [6, 6.07) is 0. The summed E-state index contributed by atoms with van der Waals surface area (Å²) in [6.07, 6.45) is 5.02. The highest BCUT2D eigenvalue weighted by molar-refractivity contribution is 5.72. The lowest BCUT2D eigenvalue weighted by molar-refractivity contribution is -0.511. The molecule has 2 atom stereocenters. The first-order chi connectivity index (χ1) is 8.83. The number of carbonyl (C=O) groups is 2. The van der Waals surface area contributed by atoms with Crippen molar-refractivity contribution < 1.29 is 37.9 Å². The molecular formula is C14H22ClNO4. The molecule has 4 aliphatic rings. The summed E-state index contributed by atoms with van der Waals surface area (Å²) in [4.78, 5) is 22.5. The maximum Gasteiger partial charge on any atom is 0.303 e. The van der Waals surface area contributed by atoms with Gasteiger partial charge < -0.3 is 28.4 Å². The van der Waals surface area contributed by atoms with Crippen LogP contribution < -0.4 is 18.1 Å². The van der Waals surface area contributed by atoms with E-state index in [-0.39, 0.29) is 42.6 Å². The summed E-state index contributed by atoms with van der Waals surface area (Å²) in [7, 11) is 0. The van der Waals surface area contributed by atoms with Crippen LogP contribution in [0.1, 0.15) is 44.9 Å². The summed E-state index contributed by atoms with van der Waals surface area (Å²) < 4.78 is 0. The van der Waals surface area contributed by atoms with E-state index < -0.39 is 17.4 Å². The molecule has 5 nitrogen and oxygen atoms in total. The number of hydrogen-bond acceptors (Lipinski definition) is 2. The third kappa shape index (κ3) is 2.31. The third-order valence-electron chi connectivity index (χ3n) is 5.90. The Labute approximate surface area is 124 Å². The number of carboxylic acids is 2. The topological polar surface area (TPSA) is 102 Å². The van der Waals surface area contributed by atoms with Gasteiger partial charge in [0.05, 0.1) is 18.4 Å². The van der Waals surface area contributed by atoms with Gasteiger partial charge in [0, 0.05) is 19.3 Å². The predicted octanol–water partition coefficient (Wildman–Crippen LogP) is -2.25. The van der Waals surface area contributed by atoms with Crippen molar-refractivity contribution in [1.29, 1.82) is 0 Å². The fraction of sp³-hybridized carbons (Fsp3) is 0.857. The van der Waals surface area contributed by atoms with E-state index in [2.05, 4.69) is 5.73 Å². The standard InChI is InChI=1S/C14H21NO4.ClH/c15-13-3-8-1-9(4-13)14(6-11(16)17,7-12(18)19)10(2-8)5-13;/h8-10H,1-7,15H2,(H,16,17)(H,18,19);1H. The van der Waals surface area contributed by atoms with Gasteiger partial charge in [-0.05, 0) is 36.0 Å². The van der Waals surface area contributed by atoms with E-state index >= 15 is 0 Å². The lowest BCUT2D eigenvalue weighted by atomic mass is 9.42. The molecule has 20 heavy (non-hydrogen) atoms. The van der Waals surface area contributed by atoms with Crippen molar-refractivity contribution in [1.82, 2.24) is 0 Å². The van der Waals surface area contributed by atoms with Gasteiger partial charge in [0.2, 0.25) is 0 Å². The number of halogens is 1. The molecule has 4 saturated carbocycles. The van der Waals surface area contributed by atoms with Crippen LogP contribution in [0, 0.1) is 23.2 Å². The Balaban J connectivity index is 0.00000147. The number of rotatable bonds is 4. The Hall–Kier alpha value is -0.810. The molecule has 4 aliphatic carbocycles. The molecule has 0 aliphatic heterocycles. The monoisotopic (exact) mass is 303 g/mol. The average molecular weight is 304 g/mol. The molecule has 6 heteroatoms. The molecule has 0 aromatic rings. The molecule has 0 heterocycles. The lowest BCUT2D eigenvalue weighted by Crippen LogP contribution is -3.00. The molecule has 0 aromatic heterocycles. The highest BCUT2D eigenvalue weighted by Gasteiger charge is 2.63. The summed E-state index contributed by atoms with van der Waals surface area (Å²) in [5.41, 5.74) is 3.94. The van der Waals surface area contributed by atoms with Crippen molar-refractivity contribution in [2.45, 2.75) is 50.5 Å².